The second-order valence-electron chi connectivity index (χ2n) is 4.39. The number of nitro benzene ring substituents is 1. The van der Waals surface area contributed by atoms with Crippen molar-refractivity contribution in [2.45, 2.75) is 0 Å². The molecule has 0 atom stereocenters. The largest absolute Gasteiger partial charge is 0.361 e. The monoisotopic (exact) mass is 414 g/mol. The molecule has 0 bridgehead atoms. The minimum atomic E-state index is -0.488. The van der Waals surface area contributed by atoms with Crippen LogP contribution in [0.5, 0.6) is 0 Å². The normalized spacial score (nSPS) is 10.7. The number of nitrogens with one attached hydrogen (secondary N) is 1. The van der Waals surface area contributed by atoms with Crippen molar-refractivity contribution in [1.82, 2.24) is 0 Å². The van der Waals surface area contributed by atoms with Crippen LogP contribution in [0.3, 0.4) is 0 Å². The summed E-state index contributed by atoms with van der Waals surface area (Å²) in [6.45, 7) is 0. The second kappa shape index (κ2) is 7.59. The van der Waals surface area contributed by atoms with Crippen molar-refractivity contribution >= 4 is 56.3 Å². The third-order valence-electron chi connectivity index (χ3n) is 2.84. The molecular weight excluding hydrogens is 407 g/mol. The van der Waals surface area contributed by atoms with Crippen molar-refractivity contribution in [1.29, 1.82) is 0 Å². The summed E-state index contributed by atoms with van der Waals surface area (Å²) in [5.74, 6) is -0.255. The number of ketones is 1. The third kappa shape index (κ3) is 4.54. The molecule has 0 aromatic heterocycles. The lowest BCUT2D eigenvalue weighted by Crippen LogP contribution is -1.97. The van der Waals surface area contributed by atoms with E-state index in [4.69, 9.17) is 23.2 Å². The number of anilines is 1. The maximum Gasteiger partial charge on any atom is 0.270 e. The Hall–Kier alpha value is -1.89. The number of hydrogen-bond acceptors (Lipinski definition) is 4. The lowest BCUT2D eigenvalue weighted by molar-refractivity contribution is -0.384. The van der Waals surface area contributed by atoms with Crippen LogP contribution in [0.4, 0.5) is 11.4 Å². The van der Waals surface area contributed by atoms with Gasteiger partial charge < -0.3 is 5.32 Å². The highest BCUT2D eigenvalue weighted by atomic mass is 79.9. The summed E-state index contributed by atoms with van der Waals surface area (Å²) in [5, 5.41) is 14.2. The molecule has 0 aliphatic carbocycles. The fraction of sp³-hybridized carbons (Fsp3) is 0. The predicted octanol–water partition coefficient (Wildman–Crippen LogP) is 5.47. The topological polar surface area (TPSA) is 72.2 Å². The van der Waals surface area contributed by atoms with E-state index in [1.54, 1.807) is 12.1 Å². The fourth-order valence-corrected chi connectivity index (χ4v) is 2.47. The van der Waals surface area contributed by atoms with Crippen LogP contribution in [-0.4, -0.2) is 10.7 Å². The van der Waals surface area contributed by atoms with Gasteiger partial charge in [0, 0.05) is 34.4 Å². The van der Waals surface area contributed by atoms with Crippen LogP contribution in [-0.2, 0) is 0 Å². The van der Waals surface area contributed by atoms with Gasteiger partial charge in [-0.25, -0.2) is 0 Å². The number of halogens is 3. The third-order valence-corrected chi connectivity index (χ3v) is 4.24. The van der Waals surface area contributed by atoms with Gasteiger partial charge in [0.15, 0.2) is 5.78 Å². The maximum atomic E-state index is 12.0. The van der Waals surface area contributed by atoms with Crippen LogP contribution in [0.15, 0.2) is 53.1 Å². The van der Waals surface area contributed by atoms with E-state index in [-0.39, 0.29) is 11.5 Å². The Kier molecular flexibility index (Phi) is 5.76. The molecular formula is C15H9BrCl2N2O3. The van der Waals surface area contributed by atoms with Crippen LogP contribution in [0, 0.1) is 10.1 Å². The van der Waals surface area contributed by atoms with E-state index in [2.05, 4.69) is 21.2 Å². The minimum absolute atomic E-state index is 0.0294. The molecule has 0 fully saturated rings. The molecule has 0 aliphatic rings. The molecule has 2 aromatic carbocycles. The molecule has 0 saturated carbocycles. The number of carbonyl (C=O) groups is 1. The van der Waals surface area contributed by atoms with E-state index in [1.165, 1.54) is 36.5 Å². The zero-order valence-electron chi connectivity index (χ0n) is 11.4. The van der Waals surface area contributed by atoms with Gasteiger partial charge in [-0.2, -0.15) is 0 Å². The number of benzene rings is 2. The molecule has 8 heteroatoms. The quantitative estimate of drug-likeness (QED) is 0.304. The molecule has 0 saturated heterocycles. The summed E-state index contributed by atoms with van der Waals surface area (Å²) in [6.07, 6.45) is 2.77. The second-order valence-corrected chi connectivity index (χ2v) is 6.06. The highest BCUT2D eigenvalue weighted by molar-refractivity contribution is 9.10. The number of rotatable bonds is 5. The molecule has 0 radical (unpaired) electrons. The Morgan fingerprint density at radius 2 is 1.91 bits per heavy atom. The summed E-state index contributed by atoms with van der Waals surface area (Å²) < 4.78 is 0.512. The zero-order valence-corrected chi connectivity index (χ0v) is 14.5. The van der Waals surface area contributed by atoms with Crippen LogP contribution < -0.4 is 5.32 Å². The van der Waals surface area contributed by atoms with Gasteiger partial charge in [0.2, 0.25) is 0 Å². The van der Waals surface area contributed by atoms with Crippen molar-refractivity contribution in [3.8, 4) is 0 Å². The van der Waals surface area contributed by atoms with Gasteiger partial charge in [0.25, 0.3) is 5.69 Å². The van der Waals surface area contributed by atoms with Gasteiger partial charge in [-0.3, -0.25) is 14.9 Å². The number of hydrogen-bond donors (Lipinski definition) is 1. The van der Waals surface area contributed by atoms with Gasteiger partial charge in [-0.15, -0.1) is 0 Å². The summed E-state index contributed by atoms with van der Waals surface area (Å²) in [6, 6.07) is 8.88. The maximum absolute atomic E-state index is 12.0. The van der Waals surface area contributed by atoms with E-state index >= 15 is 0 Å². The lowest BCUT2D eigenvalue weighted by Gasteiger charge is -2.04. The molecule has 2 aromatic rings. The Morgan fingerprint density at radius 1 is 1.17 bits per heavy atom. The molecule has 5 nitrogen and oxygen atoms in total. The summed E-state index contributed by atoms with van der Waals surface area (Å²) >= 11 is 14.9. The van der Waals surface area contributed by atoms with Crippen LogP contribution in [0.1, 0.15) is 10.4 Å². The molecule has 118 valence electrons. The summed E-state index contributed by atoms with van der Waals surface area (Å²) in [4.78, 5) is 22.2. The molecule has 2 rings (SSSR count). The van der Waals surface area contributed by atoms with Crippen LogP contribution >= 0.6 is 39.1 Å². The van der Waals surface area contributed by atoms with Gasteiger partial charge in [0.05, 0.1) is 20.7 Å². The number of non-ortho nitro benzene ring substituents is 1. The first-order valence-corrected chi connectivity index (χ1v) is 7.80. The standard InChI is InChI=1S/C15H9BrCl2N2O3/c16-11-8-10(20(22)23)2-4-14(11)19-6-5-15(21)9-1-3-12(17)13(18)7-9/h1-8,19H/b6-5-. The van der Waals surface area contributed by atoms with E-state index in [1.807, 2.05) is 0 Å². The number of carbonyl (C=O) groups excluding carboxylic acids is 1. The Morgan fingerprint density at radius 3 is 2.52 bits per heavy atom. The highest BCUT2D eigenvalue weighted by Crippen LogP contribution is 2.27. The zero-order chi connectivity index (χ0) is 17.0. The van der Waals surface area contributed by atoms with Crippen LogP contribution in [0.2, 0.25) is 10.0 Å². The van der Waals surface area contributed by atoms with Gasteiger partial charge in [-0.1, -0.05) is 23.2 Å². The van der Waals surface area contributed by atoms with E-state index in [0.717, 1.165) is 0 Å². The fourth-order valence-electron chi connectivity index (χ4n) is 1.69. The molecule has 0 heterocycles. The number of allylic oxidation sites excluding steroid dienone is 1. The average molecular weight is 416 g/mol. The molecule has 0 amide bonds. The predicted molar refractivity (Wildman–Crippen MR) is 94.4 cm³/mol. The van der Waals surface area contributed by atoms with Gasteiger partial charge in [-0.05, 0) is 40.2 Å². The van der Waals surface area contributed by atoms with Gasteiger partial charge >= 0.3 is 0 Å². The summed E-state index contributed by atoms with van der Waals surface area (Å²) in [7, 11) is 0. The minimum Gasteiger partial charge on any atom is -0.361 e. The molecule has 0 spiro atoms. The van der Waals surface area contributed by atoms with Crippen molar-refractivity contribution in [2.75, 3.05) is 5.32 Å². The SMILES string of the molecule is O=C(/C=C\Nc1ccc([N+](=O)[O-])cc1Br)c1ccc(Cl)c(Cl)c1. The van der Waals surface area contributed by atoms with E-state index < -0.39 is 4.92 Å². The van der Waals surface area contributed by atoms with Crippen LogP contribution in [0.25, 0.3) is 0 Å². The first kappa shape index (κ1) is 17.5. The first-order chi connectivity index (χ1) is 10.9. The van der Waals surface area contributed by atoms with E-state index in [0.29, 0.717) is 25.8 Å². The van der Waals surface area contributed by atoms with Crippen molar-refractivity contribution in [2.24, 2.45) is 0 Å². The summed E-state index contributed by atoms with van der Waals surface area (Å²) in [5.41, 5.74) is 0.965. The smallest absolute Gasteiger partial charge is 0.270 e. The Balaban J connectivity index is 2.07. The molecule has 0 unspecified atom stereocenters. The van der Waals surface area contributed by atoms with Crippen molar-refractivity contribution < 1.29 is 9.72 Å². The van der Waals surface area contributed by atoms with E-state index in [9.17, 15) is 14.9 Å². The molecule has 23 heavy (non-hydrogen) atoms. The van der Waals surface area contributed by atoms with Crippen molar-refractivity contribution in [3.63, 3.8) is 0 Å². The first-order valence-electron chi connectivity index (χ1n) is 6.25. The number of nitro groups is 1. The number of nitrogens with zero attached hydrogens (tertiary/aromatic N) is 1. The molecule has 0 aliphatic heterocycles. The lowest BCUT2D eigenvalue weighted by atomic mass is 10.1. The Bertz CT molecular complexity index is 809. The molecule has 1 N–H and O–H groups in total. The van der Waals surface area contributed by atoms with Crippen molar-refractivity contribution in [3.05, 3.63) is 78.9 Å². The average Bonchev–Trinajstić information content (AvgIpc) is 2.51. The van der Waals surface area contributed by atoms with Gasteiger partial charge in [0.1, 0.15) is 0 Å². The Labute approximate surface area is 150 Å². The highest BCUT2D eigenvalue weighted by Gasteiger charge is 2.08.